The fourth-order valence-electron chi connectivity index (χ4n) is 0.806. The molecular formula is C8H13ClN2OS. The SMILES string of the molecule is COc1nc(Cl)c(CNC(C)C)s1. The highest BCUT2D eigenvalue weighted by Crippen LogP contribution is 2.28. The molecule has 0 fully saturated rings. The highest BCUT2D eigenvalue weighted by atomic mass is 35.5. The van der Waals surface area contributed by atoms with Crippen LogP contribution in [-0.2, 0) is 6.54 Å². The van der Waals surface area contributed by atoms with Gasteiger partial charge in [0.1, 0.15) is 5.15 Å². The normalized spacial score (nSPS) is 10.8. The van der Waals surface area contributed by atoms with Crippen LogP contribution >= 0.6 is 22.9 Å². The van der Waals surface area contributed by atoms with Gasteiger partial charge in [0, 0.05) is 12.6 Å². The Morgan fingerprint density at radius 1 is 1.62 bits per heavy atom. The fourth-order valence-corrected chi connectivity index (χ4v) is 1.83. The number of ether oxygens (including phenoxy) is 1. The monoisotopic (exact) mass is 220 g/mol. The lowest BCUT2D eigenvalue weighted by molar-refractivity contribution is 0.412. The van der Waals surface area contributed by atoms with Crippen LogP contribution in [0.25, 0.3) is 0 Å². The summed E-state index contributed by atoms with van der Waals surface area (Å²) in [6.07, 6.45) is 0. The molecule has 0 aliphatic carbocycles. The second-order valence-corrected chi connectivity index (χ2v) is 4.34. The minimum absolute atomic E-state index is 0.448. The van der Waals surface area contributed by atoms with Gasteiger partial charge in [0.2, 0.25) is 0 Å². The molecule has 0 radical (unpaired) electrons. The largest absolute Gasteiger partial charge is 0.473 e. The molecule has 74 valence electrons. The summed E-state index contributed by atoms with van der Waals surface area (Å²) in [4.78, 5) is 5.05. The molecule has 5 heteroatoms. The summed E-state index contributed by atoms with van der Waals surface area (Å²) in [6, 6.07) is 0.448. The van der Waals surface area contributed by atoms with Crippen molar-refractivity contribution < 1.29 is 4.74 Å². The van der Waals surface area contributed by atoms with Gasteiger partial charge in [-0.3, -0.25) is 0 Å². The lowest BCUT2D eigenvalue weighted by Gasteiger charge is -2.05. The van der Waals surface area contributed by atoms with Crippen LogP contribution in [0, 0.1) is 0 Å². The Labute approximate surface area is 87.1 Å². The Morgan fingerprint density at radius 3 is 2.77 bits per heavy atom. The zero-order valence-electron chi connectivity index (χ0n) is 7.93. The molecule has 1 aromatic heterocycles. The summed E-state index contributed by atoms with van der Waals surface area (Å²) in [6.45, 7) is 4.93. The number of hydrogen-bond acceptors (Lipinski definition) is 4. The molecule has 1 aromatic rings. The molecule has 1 heterocycles. The van der Waals surface area contributed by atoms with E-state index in [0.29, 0.717) is 16.4 Å². The lowest BCUT2D eigenvalue weighted by atomic mass is 10.4. The molecule has 0 amide bonds. The van der Waals surface area contributed by atoms with Crippen LogP contribution in [-0.4, -0.2) is 18.1 Å². The number of methoxy groups -OCH3 is 1. The Kier molecular flexibility index (Phi) is 3.96. The molecule has 0 aliphatic rings. The minimum atomic E-state index is 0.448. The van der Waals surface area contributed by atoms with Crippen LogP contribution in [0.3, 0.4) is 0 Å². The van der Waals surface area contributed by atoms with Gasteiger partial charge in [0.25, 0.3) is 5.19 Å². The van der Waals surface area contributed by atoms with E-state index in [-0.39, 0.29) is 0 Å². The maximum Gasteiger partial charge on any atom is 0.274 e. The predicted octanol–water partition coefficient (Wildman–Crippen LogP) is 2.30. The molecule has 1 rings (SSSR count). The van der Waals surface area contributed by atoms with Crippen molar-refractivity contribution in [3.63, 3.8) is 0 Å². The molecule has 3 nitrogen and oxygen atoms in total. The van der Waals surface area contributed by atoms with Crippen LogP contribution in [0.4, 0.5) is 0 Å². The maximum atomic E-state index is 5.89. The lowest BCUT2D eigenvalue weighted by Crippen LogP contribution is -2.21. The van der Waals surface area contributed by atoms with E-state index in [4.69, 9.17) is 16.3 Å². The van der Waals surface area contributed by atoms with Crippen molar-refractivity contribution in [1.82, 2.24) is 10.3 Å². The number of aromatic nitrogens is 1. The van der Waals surface area contributed by atoms with Crippen molar-refractivity contribution >= 4 is 22.9 Å². The average Bonchev–Trinajstić information content (AvgIpc) is 2.43. The van der Waals surface area contributed by atoms with Gasteiger partial charge in [0.05, 0.1) is 12.0 Å². The van der Waals surface area contributed by atoms with E-state index >= 15 is 0 Å². The summed E-state index contributed by atoms with van der Waals surface area (Å²) in [5, 5.41) is 4.42. The van der Waals surface area contributed by atoms with Crippen LogP contribution in [0.5, 0.6) is 5.19 Å². The van der Waals surface area contributed by atoms with Crippen molar-refractivity contribution in [3.8, 4) is 5.19 Å². The van der Waals surface area contributed by atoms with Gasteiger partial charge < -0.3 is 10.1 Å². The number of nitrogens with zero attached hydrogens (tertiary/aromatic N) is 1. The minimum Gasteiger partial charge on any atom is -0.473 e. The third kappa shape index (κ3) is 3.14. The van der Waals surface area contributed by atoms with Gasteiger partial charge in [-0.15, -0.1) is 0 Å². The summed E-state index contributed by atoms with van der Waals surface area (Å²) in [5.74, 6) is 0. The standard InChI is InChI=1S/C8H13ClN2OS/c1-5(2)10-4-6-7(9)11-8(12-3)13-6/h5,10H,4H2,1-3H3. The molecule has 0 aliphatic heterocycles. The van der Waals surface area contributed by atoms with Gasteiger partial charge in [-0.1, -0.05) is 36.8 Å². The third-order valence-electron chi connectivity index (χ3n) is 1.48. The number of nitrogens with one attached hydrogen (secondary N) is 1. The Bertz CT molecular complexity index is 275. The Morgan fingerprint density at radius 2 is 2.31 bits per heavy atom. The fraction of sp³-hybridized carbons (Fsp3) is 0.625. The first-order valence-corrected chi connectivity index (χ1v) is 5.25. The van der Waals surface area contributed by atoms with E-state index < -0.39 is 0 Å². The smallest absolute Gasteiger partial charge is 0.274 e. The van der Waals surface area contributed by atoms with Gasteiger partial charge >= 0.3 is 0 Å². The Hall–Kier alpha value is -0.320. The van der Waals surface area contributed by atoms with Crippen molar-refractivity contribution in [2.45, 2.75) is 26.4 Å². The predicted molar refractivity (Wildman–Crippen MR) is 55.7 cm³/mol. The first kappa shape index (κ1) is 10.8. The molecule has 0 bridgehead atoms. The molecule has 13 heavy (non-hydrogen) atoms. The van der Waals surface area contributed by atoms with E-state index in [9.17, 15) is 0 Å². The maximum absolute atomic E-state index is 5.89. The van der Waals surface area contributed by atoms with E-state index in [2.05, 4.69) is 24.1 Å². The van der Waals surface area contributed by atoms with E-state index in [1.807, 2.05) is 0 Å². The van der Waals surface area contributed by atoms with Crippen molar-refractivity contribution in [2.24, 2.45) is 0 Å². The van der Waals surface area contributed by atoms with E-state index in [1.54, 1.807) is 7.11 Å². The first-order valence-electron chi connectivity index (χ1n) is 4.06. The van der Waals surface area contributed by atoms with Gasteiger partial charge in [-0.25, -0.2) is 0 Å². The Balaban J connectivity index is 2.60. The molecule has 0 atom stereocenters. The van der Waals surface area contributed by atoms with Gasteiger partial charge in [0.15, 0.2) is 0 Å². The summed E-state index contributed by atoms with van der Waals surface area (Å²) in [5.41, 5.74) is 0. The van der Waals surface area contributed by atoms with E-state index in [1.165, 1.54) is 11.3 Å². The van der Waals surface area contributed by atoms with Crippen LogP contribution in [0.2, 0.25) is 5.15 Å². The summed E-state index contributed by atoms with van der Waals surface area (Å²) >= 11 is 7.36. The highest BCUT2D eigenvalue weighted by Gasteiger charge is 2.09. The zero-order valence-corrected chi connectivity index (χ0v) is 9.50. The molecule has 0 unspecified atom stereocenters. The number of thiazole rings is 1. The van der Waals surface area contributed by atoms with Crippen molar-refractivity contribution in [3.05, 3.63) is 10.0 Å². The quantitative estimate of drug-likeness (QED) is 0.846. The van der Waals surface area contributed by atoms with Gasteiger partial charge in [-0.2, -0.15) is 4.98 Å². The summed E-state index contributed by atoms with van der Waals surface area (Å²) in [7, 11) is 1.59. The zero-order chi connectivity index (χ0) is 9.84. The second-order valence-electron chi connectivity index (χ2n) is 2.93. The molecule has 0 saturated carbocycles. The molecule has 0 aromatic carbocycles. The summed E-state index contributed by atoms with van der Waals surface area (Å²) < 4.78 is 4.98. The topological polar surface area (TPSA) is 34.1 Å². The van der Waals surface area contributed by atoms with E-state index in [0.717, 1.165) is 11.4 Å². The first-order chi connectivity index (χ1) is 6.13. The molecular weight excluding hydrogens is 208 g/mol. The second kappa shape index (κ2) is 4.79. The molecule has 0 saturated heterocycles. The number of halogens is 1. The average molecular weight is 221 g/mol. The highest BCUT2D eigenvalue weighted by molar-refractivity contribution is 7.13. The van der Waals surface area contributed by atoms with Crippen LogP contribution < -0.4 is 10.1 Å². The number of hydrogen-bond donors (Lipinski definition) is 1. The van der Waals surface area contributed by atoms with Crippen LogP contribution in [0.1, 0.15) is 18.7 Å². The third-order valence-corrected chi connectivity index (χ3v) is 2.92. The van der Waals surface area contributed by atoms with Crippen LogP contribution in [0.15, 0.2) is 0 Å². The molecule has 0 spiro atoms. The van der Waals surface area contributed by atoms with Crippen molar-refractivity contribution in [1.29, 1.82) is 0 Å². The van der Waals surface area contributed by atoms with Gasteiger partial charge in [-0.05, 0) is 0 Å². The number of rotatable bonds is 4. The van der Waals surface area contributed by atoms with Crippen molar-refractivity contribution in [2.75, 3.05) is 7.11 Å². The molecule has 1 N–H and O–H groups in total.